The van der Waals surface area contributed by atoms with Crippen molar-refractivity contribution in [3.8, 4) is 0 Å². The number of carbonyl (C=O) groups is 3. The first-order chi connectivity index (χ1) is 36.0. The molecule has 0 N–H and O–H groups in total. The van der Waals surface area contributed by atoms with E-state index in [0.29, 0.717) is 19.3 Å². The Balaban J connectivity index is 4.33. The molecule has 0 heterocycles. The van der Waals surface area contributed by atoms with Crippen LogP contribution in [0.1, 0.15) is 303 Å². The third-order valence-corrected chi connectivity index (χ3v) is 13.4. The first kappa shape index (κ1) is 69.6. The van der Waals surface area contributed by atoms with E-state index in [1.165, 1.54) is 154 Å². The molecule has 0 amide bonds. The van der Waals surface area contributed by atoms with Gasteiger partial charge in [0.05, 0.1) is 0 Å². The smallest absolute Gasteiger partial charge is 0.306 e. The number of unbranched alkanes of at least 4 members (excludes halogenated alkanes) is 31. The summed E-state index contributed by atoms with van der Waals surface area (Å²) in [5, 5.41) is 0. The Morgan fingerprint density at radius 3 is 0.836 bits per heavy atom. The highest BCUT2D eigenvalue weighted by Crippen LogP contribution is 2.17. The SMILES string of the molecule is CC/C=C\C/C=C\C/C=C\C/C=C\C/C=C\C/C=C\C/C=C\CCCCCC(=O)OCC(COC(=O)CCCCCCCCCCCC)OC(=O)CCCCCCCCCCCCCCCCCCCCCC. The van der Waals surface area contributed by atoms with Crippen molar-refractivity contribution in [2.45, 2.75) is 309 Å². The van der Waals surface area contributed by atoms with Gasteiger partial charge in [-0.15, -0.1) is 0 Å². The number of carbonyl (C=O) groups excluding carboxylic acids is 3. The van der Waals surface area contributed by atoms with Gasteiger partial charge in [0.1, 0.15) is 13.2 Å². The molecule has 0 fully saturated rings. The predicted octanol–water partition coefficient (Wildman–Crippen LogP) is 21.1. The zero-order chi connectivity index (χ0) is 52.9. The summed E-state index contributed by atoms with van der Waals surface area (Å²) >= 11 is 0. The number of hydrogen-bond acceptors (Lipinski definition) is 6. The van der Waals surface area contributed by atoms with Crippen LogP contribution in [0.3, 0.4) is 0 Å². The second-order valence-electron chi connectivity index (χ2n) is 20.6. The number of hydrogen-bond donors (Lipinski definition) is 0. The topological polar surface area (TPSA) is 78.9 Å². The van der Waals surface area contributed by atoms with Gasteiger partial charge in [-0.25, -0.2) is 0 Å². The summed E-state index contributed by atoms with van der Waals surface area (Å²) in [6.07, 6.45) is 80.2. The maximum absolute atomic E-state index is 12.9. The molecule has 0 aromatic rings. The Kier molecular flexibility index (Phi) is 58.3. The summed E-state index contributed by atoms with van der Waals surface area (Å²) in [5.74, 6) is -0.907. The summed E-state index contributed by atoms with van der Waals surface area (Å²) in [6.45, 7) is 6.52. The average Bonchev–Trinajstić information content (AvgIpc) is 3.39. The van der Waals surface area contributed by atoms with E-state index in [1.807, 2.05) is 0 Å². The summed E-state index contributed by atoms with van der Waals surface area (Å²) in [5.41, 5.74) is 0. The molecule has 73 heavy (non-hydrogen) atoms. The molecule has 0 saturated carbocycles. The lowest BCUT2D eigenvalue weighted by Crippen LogP contribution is -2.30. The van der Waals surface area contributed by atoms with Gasteiger partial charge >= 0.3 is 17.9 Å². The van der Waals surface area contributed by atoms with Gasteiger partial charge in [0.25, 0.3) is 0 Å². The summed E-state index contributed by atoms with van der Waals surface area (Å²) < 4.78 is 16.9. The van der Waals surface area contributed by atoms with Crippen molar-refractivity contribution in [1.82, 2.24) is 0 Å². The minimum Gasteiger partial charge on any atom is -0.462 e. The highest BCUT2D eigenvalue weighted by Gasteiger charge is 2.19. The van der Waals surface area contributed by atoms with Crippen LogP contribution in [0.15, 0.2) is 85.1 Å². The fraction of sp³-hybridized carbons (Fsp3) is 0.746. The zero-order valence-electron chi connectivity index (χ0n) is 48.1. The number of esters is 3. The summed E-state index contributed by atoms with van der Waals surface area (Å²) in [7, 11) is 0. The van der Waals surface area contributed by atoms with Crippen LogP contribution >= 0.6 is 0 Å². The van der Waals surface area contributed by atoms with Crippen molar-refractivity contribution in [2.75, 3.05) is 13.2 Å². The lowest BCUT2D eigenvalue weighted by atomic mass is 10.0. The van der Waals surface area contributed by atoms with Gasteiger partial charge in [0, 0.05) is 19.3 Å². The normalized spacial score (nSPS) is 12.6. The second-order valence-corrected chi connectivity index (χ2v) is 20.6. The molecule has 1 atom stereocenters. The van der Waals surface area contributed by atoms with Crippen molar-refractivity contribution >= 4 is 17.9 Å². The zero-order valence-corrected chi connectivity index (χ0v) is 48.1. The Hall–Kier alpha value is -3.41. The first-order valence-corrected chi connectivity index (χ1v) is 31.1. The van der Waals surface area contributed by atoms with Crippen molar-refractivity contribution in [3.63, 3.8) is 0 Å². The Labute approximate surface area is 452 Å². The molecule has 0 aromatic heterocycles. The van der Waals surface area contributed by atoms with Crippen LogP contribution in [0.5, 0.6) is 0 Å². The van der Waals surface area contributed by atoms with E-state index < -0.39 is 6.10 Å². The number of rotatable bonds is 56. The van der Waals surface area contributed by atoms with Gasteiger partial charge in [0.2, 0.25) is 0 Å². The standard InChI is InChI=1S/C67H116O6/c1-4-7-10-13-16-19-22-24-26-28-30-32-33-34-35-36-38-39-41-43-45-48-51-54-57-60-66(69)72-63-64(62-71-65(68)59-56-53-50-47-21-18-15-12-9-6-3)73-67(70)61-58-55-52-49-46-44-42-40-37-31-29-27-25-23-20-17-14-11-8-5-2/h7,10,16,19,24,26,30,32,34-35,38-39,43,45,64H,4-6,8-9,11-15,17-18,20-23,25,27-29,31,33,36-37,40-42,44,46-63H2,1-3H3/b10-7-,19-16-,26-24-,32-30-,35-34-,39-38-,45-43-. The quantitative estimate of drug-likeness (QED) is 0.0261. The lowest BCUT2D eigenvalue weighted by Gasteiger charge is -2.18. The molecule has 0 aromatic carbocycles. The van der Waals surface area contributed by atoms with Crippen LogP contribution in [-0.4, -0.2) is 37.2 Å². The highest BCUT2D eigenvalue weighted by molar-refractivity contribution is 5.71. The van der Waals surface area contributed by atoms with Crippen LogP contribution in [-0.2, 0) is 28.6 Å². The van der Waals surface area contributed by atoms with E-state index in [0.717, 1.165) is 109 Å². The van der Waals surface area contributed by atoms with Gasteiger partial charge in [0.15, 0.2) is 6.10 Å². The average molecular weight is 1020 g/mol. The van der Waals surface area contributed by atoms with Gasteiger partial charge < -0.3 is 14.2 Å². The van der Waals surface area contributed by atoms with Gasteiger partial charge in [-0.3, -0.25) is 14.4 Å². The van der Waals surface area contributed by atoms with E-state index in [4.69, 9.17) is 14.2 Å². The maximum Gasteiger partial charge on any atom is 0.306 e. The molecule has 420 valence electrons. The largest absolute Gasteiger partial charge is 0.462 e. The third-order valence-electron chi connectivity index (χ3n) is 13.4. The Bertz CT molecular complexity index is 1400. The van der Waals surface area contributed by atoms with Crippen molar-refractivity contribution in [2.24, 2.45) is 0 Å². The van der Waals surface area contributed by atoms with E-state index >= 15 is 0 Å². The molecule has 1 unspecified atom stereocenters. The lowest BCUT2D eigenvalue weighted by molar-refractivity contribution is -0.167. The second kappa shape index (κ2) is 61.1. The van der Waals surface area contributed by atoms with Crippen molar-refractivity contribution < 1.29 is 28.6 Å². The predicted molar refractivity (Wildman–Crippen MR) is 316 cm³/mol. The fourth-order valence-corrected chi connectivity index (χ4v) is 8.78. The summed E-state index contributed by atoms with van der Waals surface area (Å²) in [4.78, 5) is 38.2. The van der Waals surface area contributed by atoms with Crippen LogP contribution in [0, 0.1) is 0 Å². The summed E-state index contributed by atoms with van der Waals surface area (Å²) in [6, 6.07) is 0. The molecule has 6 heteroatoms. The van der Waals surface area contributed by atoms with E-state index in [-0.39, 0.29) is 31.1 Å². The monoisotopic (exact) mass is 1020 g/mol. The Morgan fingerprint density at radius 2 is 0.534 bits per heavy atom. The molecule has 0 rings (SSSR count). The maximum atomic E-state index is 12.9. The van der Waals surface area contributed by atoms with E-state index in [9.17, 15) is 14.4 Å². The van der Waals surface area contributed by atoms with Crippen LogP contribution in [0.25, 0.3) is 0 Å². The molecule has 0 spiro atoms. The number of ether oxygens (including phenoxy) is 3. The van der Waals surface area contributed by atoms with Crippen molar-refractivity contribution in [1.29, 1.82) is 0 Å². The molecular weight excluding hydrogens is 901 g/mol. The fourth-order valence-electron chi connectivity index (χ4n) is 8.78. The minimum absolute atomic E-state index is 0.0836. The van der Waals surface area contributed by atoms with Crippen molar-refractivity contribution in [3.05, 3.63) is 85.1 Å². The van der Waals surface area contributed by atoms with Gasteiger partial charge in [-0.2, -0.15) is 0 Å². The van der Waals surface area contributed by atoms with Crippen LogP contribution < -0.4 is 0 Å². The molecule has 0 aliphatic heterocycles. The third kappa shape index (κ3) is 59.3. The molecule has 6 nitrogen and oxygen atoms in total. The molecule has 0 radical (unpaired) electrons. The molecule has 0 aliphatic rings. The molecule has 0 saturated heterocycles. The molecule has 0 bridgehead atoms. The first-order valence-electron chi connectivity index (χ1n) is 31.1. The van der Waals surface area contributed by atoms with Crippen LogP contribution in [0.2, 0.25) is 0 Å². The van der Waals surface area contributed by atoms with E-state index in [2.05, 4.69) is 106 Å². The molecular formula is C67H116O6. The van der Waals surface area contributed by atoms with Gasteiger partial charge in [-0.1, -0.05) is 292 Å². The van der Waals surface area contributed by atoms with Gasteiger partial charge in [-0.05, 0) is 77.0 Å². The van der Waals surface area contributed by atoms with Crippen LogP contribution in [0.4, 0.5) is 0 Å². The molecule has 0 aliphatic carbocycles. The Morgan fingerprint density at radius 1 is 0.288 bits per heavy atom. The minimum atomic E-state index is -0.787. The number of allylic oxidation sites excluding steroid dienone is 14. The van der Waals surface area contributed by atoms with E-state index in [1.54, 1.807) is 0 Å². The highest BCUT2D eigenvalue weighted by atomic mass is 16.6.